The quantitative estimate of drug-likeness (QED) is 0.366. The Hall–Kier alpha value is 0.500. The van der Waals surface area contributed by atoms with Crippen molar-refractivity contribution in [2.24, 2.45) is 0 Å². The Balaban J connectivity index is 3.79. The van der Waals surface area contributed by atoms with E-state index in [1.165, 1.54) is 0 Å². The molecule has 0 rings (SSSR count). The van der Waals surface area contributed by atoms with Crippen molar-refractivity contribution in [2.45, 2.75) is 13.3 Å². The van der Waals surface area contributed by atoms with Gasteiger partial charge in [-0.15, -0.1) is 23.2 Å². The van der Waals surface area contributed by atoms with E-state index in [4.69, 9.17) is 23.2 Å². The highest BCUT2D eigenvalue weighted by Gasteiger charge is 2.13. The van der Waals surface area contributed by atoms with Gasteiger partial charge in [-0.1, -0.05) is 6.92 Å². The first-order valence-electron chi connectivity index (χ1n) is 3.87. The van der Waals surface area contributed by atoms with E-state index in [1.807, 2.05) is 6.92 Å². The summed E-state index contributed by atoms with van der Waals surface area (Å²) in [6.45, 7) is 3.57. The normalized spacial score (nSPS) is 12.0. The molecule has 0 unspecified atom stereocenters. The Labute approximate surface area is 78.3 Å². The lowest BCUT2D eigenvalue weighted by Gasteiger charge is -2.41. The Kier molecular flexibility index (Phi) is 6.34. The molecule has 68 valence electrons. The summed E-state index contributed by atoms with van der Waals surface area (Å²) in [6, 6.07) is 0. The van der Waals surface area contributed by atoms with Crippen molar-refractivity contribution in [3.05, 3.63) is 5.21 Å². The number of halogens is 2. The Bertz CT molecular complexity index is 83.4. The van der Waals surface area contributed by atoms with Crippen LogP contribution in [0.3, 0.4) is 0 Å². The van der Waals surface area contributed by atoms with Gasteiger partial charge >= 0.3 is 0 Å². The zero-order valence-corrected chi connectivity index (χ0v) is 8.37. The van der Waals surface area contributed by atoms with Gasteiger partial charge in [0.2, 0.25) is 0 Å². The first kappa shape index (κ1) is 11.5. The molecule has 0 aliphatic heterocycles. The average molecular weight is 200 g/mol. The topological polar surface area (TPSA) is 23.1 Å². The molecule has 0 saturated heterocycles. The molecule has 0 aromatic carbocycles. The Morgan fingerprint density at radius 3 is 1.82 bits per heavy atom. The number of hydroxylamine groups is 3. The maximum Gasteiger partial charge on any atom is 0.0921 e. The third kappa shape index (κ3) is 4.86. The molecule has 0 radical (unpaired) electrons. The molecule has 11 heavy (non-hydrogen) atoms. The summed E-state index contributed by atoms with van der Waals surface area (Å²) in [5.41, 5.74) is 0. The van der Waals surface area contributed by atoms with Crippen molar-refractivity contribution in [2.75, 3.05) is 31.4 Å². The molecular formula is C7H15Cl2NO. The van der Waals surface area contributed by atoms with Gasteiger partial charge in [0.1, 0.15) is 0 Å². The number of alkyl halides is 2. The van der Waals surface area contributed by atoms with Crippen LogP contribution in [0.2, 0.25) is 0 Å². The molecule has 2 nitrogen and oxygen atoms in total. The van der Waals surface area contributed by atoms with Crippen LogP contribution in [-0.2, 0) is 0 Å². The minimum atomic E-state index is -0.233. The molecule has 0 aliphatic carbocycles. The highest BCUT2D eigenvalue weighted by atomic mass is 35.5. The summed E-state index contributed by atoms with van der Waals surface area (Å²) in [5, 5.41) is 11.7. The monoisotopic (exact) mass is 199 g/mol. The number of rotatable bonds is 6. The fourth-order valence-electron chi connectivity index (χ4n) is 1.05. The summed E-state index contributed by atoms with van der Waals surface area (Å²) in [7, 11) is 0. The summed E-state index contributed by atoms with van der Waals surface area (Å²) in [5.74, 6) is 0.834. The first-order valence-corrected chi connectivity index (χ1v) is 4.94. The molecule has 0 aromatic heterocycles. The van der Waals surface area contributed by atoms with Gasteiger partial charge in [0.25, 0.3) is 0 Å². The SMILES string of the molecule is CCC[N+]([O-])(CCCl)CCCl. The second-order valence-corrected chi connectivity index (χ2v) is 3.36. The minimum absolute atomic E-state index is 0.233. The molecule has 0 spiro atoms. The Morgan fingerprint density at radius 2 is 1.55 bits per heavy atom. The standard InChI is InChI=1S/C7H15Cl2NO/c1-2-5-10(11,6-3-8)7-4-9/h2-7H2,1H3. The van der Waals surface area contributed by atoms with Gasteiger partial charge in [0.15, 0.2) is 0 Å². The van der Waals surface area contributed by atoms with E-state index in [0.717, 1.165) is 6.42 Å². The summed E-state index contributed by atoms with van der Waals surface area (Å²) >= 11 is 11.0. The molecule has 0 fully saturated rings. The zero-order valence-electron chi connectivity index (χ0n) is 6.85. The molecule has 0 amide bonds. The lowest BCUT2D eigenvalue weighted by molar-refractivity contribution is -0.875. The molecule has 0 bridgehead atoms. The highest BCUT2D eigenvalue weighted by molar-refractivity contribution is 6.18. The second kappa shape index (κ2) is 6.06. The van der Waals surface area contributed by atoms with Crippen LogP contribution in [0.4, 0.5) is 0 Å². The van der Waals surface area contributed by atoms with E-state index in [0.29, 0.717) is 31.4 Å². The van der Waals surface area contributed by atoms with Crippen molar-refractivity contribution in [1.82, 2.24) is 0 Å². The van der Waals surface area contributed by atoms with Gasteiger partial charge in [-0.25, -0.2) is 0 Å². The van der Waals surface area contributed by atoms with Gasteiger partial charge in [0.05, 0.1) is 31.4 Å². The van der Waals surface area contributed by atoms with Crippen LogP contribution < -0.4 is 0 Å². The van der Waals surface area contributed by atoms with Crippen LogP contribution in [0.25, 0.3) is 0 Å². The lowest BCUT2D eigenvalue weighted by atomic mass is 10.4. The number of hydrogen-bond acceptors (Lipinski definition) is 1. The van der Waals surface area contributed by atoms with Crippen molar-refractivity contribution >= 4 is 23.2 Å². The van der Waals surface area contributed by atoms with Crippen LogP contribution in [0.1, 0.15) is 13.3 Å². The maximum atomic E-state index is 11.7. The molecule has 0 aliphatic rings. The van der Waals surface area contributed by atoms with E-state index >= 15 is 0 Å². The maximum absolute atomic E-state index is 11.7. The van der Waals surface area contributed by atoms with Crippen LogP contribution >= 0.6 is 23.2 Å². The third-order valence-electron chi connectivity index (χ3n) is 1.62. The summed E-state index contributed by atoms with van der Waals surface area (Å²) < 4.78 is -0.233. The summed E-state index contributed by atoms with van der Waals surface area (Å²) in [4.78, 5) is 0. The predicted molar refractivity (Wildman–Crippen MR) is 50.0 cm³/mol. The predicted octanol–water partition coefficient (Wildman–Crippen LogP) is 2.19. The fourth-order valence-corrected chi connectivity index (χ4v) is 1.67. The second-order valence-electron chi connectivity index (χ2n) is 2.61. The van der Waals surface area contributed by atoms with Crippen molar-refractivity contribution in [3.8, 4) is 0 Å². The fraction of sp³-hybridized carbons (Fsp3) is 1.00. The van der Waals surface area contributed by atoms with Crippen LogP contribution in [0.15, 0.2) is 0 Å². The van der Waals surface area contributed by atoms with Crippen molar-refractivity contribution < 1.29 is 4.65 Å². The molecule has 0 aromatic rings. The van der Waals surface area contributed by atoms with Crippen LogP contribution in [0.5, 0.6) is 0 Å². The highest BCUT2D eigenvalue weighted by Crippen LogP contribution is 2.06. The van der Waals surface area contributed by atoms with E-state index in [1.54, 1.807) is 0 Å². The summed E-state index contributed by atoms with van der Waals surface area (Å²) in [6.07, 6.45) is 0.886. The average Bonchev–Trinajstić information content (AvgIpc) is 1.88. The van der Waals surface area contributed by atoms with Gasteiger partial charge in [-0.05, 0) is 6.42 Å². The third-order valence-corrected chi connectivity index (χ3v) is 1.95. The molecular weight excluding hydrogens is 185 g/mol. The first-order chi connectivity index (χ1) is 5.18. The van der Waals surface area contributed by atoms with E-state index < -0.39 is 0 Å². The number of quaternary nitrogens is 1. The van der Waals surface area contributed by atoms with Gasteiger partial charge < -0.3 is 9.85 Å². The number of hydrogen-bond donors (Lipinski definition) is 0. The van der Waals surface area contributed by atoms with Crippen molar-refractivity contribution in [3.63, 3.8) is 0 Å². The molecule has 0 N–H and O–H groups in total. The zero-order chi connectivity index (χ0) is 8.74. The van der Waals surface area contributed by atoms with Gasteiger partial charge in [-0.3, -0.25) is 0 Å². The van der Waals surface area contributed by atoms with E-state index in [9.17, 15) is 5.21 Å². The van der Waals surface area contributed by atoms with Crippen LogP contribution in [0, 0.1) is 5.21 Å². The van der Waals surface area contributed by atoms with Crippen LogP contribution in [-0.4, -0.2) is 36.0 Å². The molecule has 0 heterocycles. The molecule has 4 heteroatoms. The van der Waals surface area contributed by atoms with Gasteiger partial charge in [0, 0.05) is 0 Å². The van der Waals surface area contributed by atoms with Crippen molar-refractivity contribution in [1.29, 1.82) is 0 Å². The number of nitrogens with zero attached hydrogens (tertiary/aromatic N) is 1. The largest absolute Gasteiger partial charge is 0.633 e. The Morgan fingerprint density at radius 1 is 1.09 bits per heavy atom. The lowest BCUT2D eigenvalue weighted by Crippen LogP contribution is -2.45. The van der Waals surface area contributed by atoms with Gasteiger partial charge in [-0.2, -0.15) is 0 Å². The smallest absolute Gasteiger partial charge is 0.0921 e. The van der Waals surface area contributed by atoms with E-state index in [2.05, 4.69) is 0 Å². The molecule has 0 atom stereocenters. The van der Waals surface area contributed by atoms with E-state index in [-0.39, 0.29) is 4.65 Å². The molecule has 0 saturated carbocycles. The minimum Gasteiger partial charge on any atom is -0.633 e.